The SMILES string of the molecule is CCOc1ccc2oc(C(=O)N/N=C/c3cc(Br)c(OCc4ccc(I)cc4)c(I)c3)cc2c1. The normalized spacial score (nSPS) is 11.2. The van der Waals surface area contributed by atoms with Crippen molar-refractivity contribution >= 4 is 84.2 Å². The van der Waals surface area contributed by atoms with Crippen molar-refractivity contribution in [2.24, 2.45) is 5.10 Å². The third-order valence-electron chi connectivity index (χ3n) is 4.72. The molecule has 0 spiro atoms. The lowest BCUT2D eigenvalue weighted by Gasteiger charge is -2.11. The number of ether oxygens (including phenoxy) is 2. The number of amides is 1. The fraction of sp³-hybridized carbons (Fsp3) is 0.120. The van der Waals surface area contributed by atoms with Gasteiger partial charge in [-0.25, -0.2) is 5.43 Å². The van der Waals surface area contributed by atoms with Crippen molar-refractivity contribution in [3.63, 3.8) is 0 Å². The Labute approximate surface area is 232 Å². The summed E-state index contributed by atoms with van der Waals surface area (Å²) in [5.74, 6) is 1.23. The molecule has 34 heavy (non-hydrogen) atoms. The predicted octanol–water partition coefficient (Wildman–Crippen LogP) is 7.15. The van der Waals surface area contributed by atoms with E-state index in [1.807, 2.05) is 43.3 Å². The number of hydrazone groups is 1. The third-order valence-corrected chi connectivity index (χ3v) is 6.83. The first kappa shape index (κ1) is 25.0. The zero-order valence-corrected chi connectivity index (χ0v) is 23.9. The first-order valence-electron chi connectivity index (χ1n) is 10.3. The number of furan rings is 1. The van der Waals surface area contributed by atoms with Crippen LogP contribution in [0.5, 0.6) is 11.5 Å². The van der Waals surface area contributed by atoms with Gasteiger partial charge in [0.1, 0.15) is 23.7 Å². The van der Waals surface area contributed by atoms with Crippen molar-refractivity contribution in [3.05, 3.63) is 89.2 Å². The molecule has 0 atom stereocenters. The highest BCUT2D eigenvalue weighted by Gasteiger charge is 2.13. The number of fused-ring (bicyclic) bond motifs is 1. The molecule has 0 saturated heterocycles. The first-order valence-corrected chi connectivity index (χ1v) is 13.2. The Kier molecular flexibility index (Phi) is 8.48. The zero-order valence-electron chi connectivity index (χ0n) is 18.0. The van der Waals surface area contributed by atoms with E-state index in [1.165, 1.54) is 3.57 Å². The summed E-state index contributed by atoms with van der Waals surface area (Å²) in [6.07, 6.45) is 1.57. The van der Waals surface area contributed by atoms with Gasteiger partial charge in [0.2, 0.25) is 0 Å². The number of rotatable bonds is 8. The maximum Gasteiger partial charge on any atom is 0.307 e. The van der Waals surface area contributed by atoms with E-state index in [-0.39, 0.29) is 5.76 Å². The van der Waals surface area contributed by atoms with Crippen molar-refractivity contribution in [1.82, 2.24) is 5.43 Å². The van der Waals surface area contributed by atoms with E-state index in [9.17, 15) is 4.79 Å². The molecular weight excluding hydrogens is 726 g/mol. The maximum atomic E-state index is 12.5. The van der Waals surface area contributed by atoms with Gasteiger partial charge in [-0.3, -0.25) is 4.79 Å². The van der Waals surface area contributed by atoms with Crippen LogP contribution in [0.1, 0.15) is 28.6 Å². The minimum Gasteiger partial charge on any atom is -0.494 e. The molecule has 1 aromatic heterocycles. The van der Waals surface area contributed by atoms with Crippen LogP contribution >= 0.6 is 61.1 Å². The number of hydrogen-bond donors (Lipinski definition) is 1. The van der Waals surface area contributed by atoms with E-state index < -0.39 is 5.91 Å². The van der Waals surface area contributed by atoms with Gasteiger partial charge < -0.3 is 13.9 Å². The highest BCUT2D eigenvalue weighted by Crippen LogP contribution is 2.32. The van der Waals surface area contributed by atoms with Crippen LogP contribution < -0.4 is 14.9 Å². The Morgan fingerprint density at radius 1 is 1.09 bits per heavy atom. The van der Waals surface area contributed by atoms with Crippen molar-refractivity contribution < 1.29 is 18.7 Å². The number of carbonyl (C=O) groups excluding carboxylic acids is 1. The van der Waals surface area contributed by atoms with Crippen LogP contribution in [-0.4, -0.2) is 18.7 Å². The molecule has 0 aliphatic rings. The van der Waals surface area contributed by atoms with Crippen molar-refractivity contribution in [3.8, 4) is 11.5 Å². The molecular formula is C25H19BrI2N2O4. The molecule has 1 N–H and O–H groups in total. The molecule has 0 aliphatic heterocycles. The van der Waals surface area contributed by atoms with Crippen LogP contribution in [0.2, 0.25) is 0 Å². The summed E-state index contributed by atoms with van der Waals surface area (Å²) in [5, 5.41) is 4.86. The molecule has 0 bridgehead atoms. The second-order valence-corrected chi connectivity index (χ2v) is 10.4. The Morgan fingerprint density at radius 2 is 1.88 bits per heavy atom. The molecule has 0 unspecified atom stereocenters. The van der Waals surface area contributed by atoms with Gasteiger partial charge in [-0.05, 0) is 128 Å². The van der Waals surface area contributed by atoms with Gasteiger partial charge in [-0.1, -0.05) is 12.1 Å². The zero-order chi connectivity index (χ0) is 24.1. The molecule has 4 aromatic rings. The average Bonchev–Trinajstić information content (AvgIpc) is 3.23. The predicted molar refractivity (Wildman–Crippen MR) is 153 cm³/mol. The van der Waals surface area contributed by atoms with Gasteiger partial charge in [0.05, 0.1) is 20.9 Å². The minimum absolute atomic E-state index is 0.177. The molecule has 1 heterocycles. The van der Waals surface area contributed by atoms with E-state index in [2.05, 4.69) is 83.8 Å². The average molecular weight is 745 g/mol. The Hall–Kier alpha value is -2.12. The summed E-state index contributed by atoms with van der Waals surface area (Å²) in [5.41, 5.74) is 5.02. The number of carbonyl (C=O) groups is 1. The molecule has 6 nitrogen and oxygen atoms in total. The smallest absolute Gasteiger partial charge is 0.307 e. The summed E-state index contributed by atoms with van der Waals surface area (Å²) in [4.78, 5) is 12.5. The Balaban J connectivity index is 1.39. The fourth-order valence-electron chi connectivity index (χ4n) is 3.14. The standard InChI is InChI=1S/C25H19BrI2N2O4/c1-2-32-19-7-8-22-17(11-19)12-23(34-22)25(31)30-29-13-16-9-20(26)24(21(28)10-16)33-14-15-3-5-18(27)6-4-15/h3-13H,2,14H2,1H3,(H,30,31)/b29-13+. The monoisotopic (exact) mass is 744 g/mol. The highest BCUT2D eigenvalue weighted by molar-refractivity contribution is 14.1. The van der Waals surface area contributed by atoms with Crippen molar-refractivity contribution in [1.29, 1.82) is 0 Å². The Morgan fingerprint density at radius 3 is 2.62 bits per heavy atom. The van der Waals surface area contributed by atoms with Gasteiger partial charge in [-0.2, -0.15) is 5.10 Å². The fourth-order valence-corrected chi connectivity index (χ4v) is 5.27. The molecule has 0 aliphatic carbocycles. The van der Waals surface area contributed by atoms with E-state index in [0.29, 0.717) is 18.8 Å². The lowest BCUT2D eigenvalue weighted by molar-refractivity contribution is 0.0929. The first-order chi connectivity index (χ1) is 16.4. The van der Waals surface area contributed by atoms with Crippen LogP contribution in [-0.2, 0) is 6.61 Å². The second-order valence-electron chi connectivity index (χ2n) is 7.17. The molecule has 9 heteroatoms. The number of hydrogen-bond acceptors (Lipinski definition) is 5. The second kappa shape index (κ2) is 11.5. The summed E-state index contributed by atoms with van der Waals surface area (Å²) in [6, 6.07) is 19.1. The van der Waals surface area contributed by atoms with Crippen LogP contribution in [0.4, 0.5) is 0 Å². The number of nitrogens with zero attached hydrogens (tertiary/aromatic N) is 1. The van der Waals surface area contributed by atoms with Gasteiger partial charge in [0, 0.05) is 8.96 Å². The van der Waals surface area contributed by atoms with Crippen LogP contribution in [0.3, 0.4) is 0 Å². The number of benzene rings is 3. The van der Waals surface area contributed by atoms with Crippen LogP contribution in [0.15, 0.2) is 74.7 Å². The quantitative estimate of drug-likeness (QED) is 0.118. The lowest BCUT2D eigenvalue weighted by atomic mass is 10.2. The summed E-state index contributed by atoms with van der Waals surface area (Å²) >= 11 is 8.07. The topological polar surface area (TPSA) is 73.1 Å². The van der Waals surface area contributed by atoms with Gasteiger partial charge in [0.25, 0.3) is 0 Å². The molecule has 0 fully saturated rings. The Bertz CT molecular complexity index is 1330. The minimum atomic E-state index is -0.434. The van der Waals surface area contributed by atoms with Crippen molar-refractivity contribution in [2.45, 2.75) is 13.5 Å². The summed E-state index contributed by atoms with van der Waals surface area (Å²) < 4.78 is 20.0. The molecule has 1 amide bonds. The van der Waals surface area contributed by atoms with Crippen molar-refractivity contribution in [2.75, 3.05) is 6.61 Å². The lowest BCUT2D eigenvalue weighted by Crippen LogP contribution is -2.16. The molecule has 174 valence electrons. The molecule has 0 radical (unpaired) electrons. The van der Waals surface area contributed by atoms with Gasteiger partial charge >= 0.3 is 5.91 Å². The molecule has 0 saturated carbocycles. The summed E-state index contributed by atoms with van der Waals surface area (Å²) in [7, 11) is 0. The van der Waals surface area contributed by atoms with E-state index in [1.54, 1.807) is 18.3 Å². The van der Waals surface area contributed by atoms with Crippen LogP contribution in [0, 0.1) is 7.14 Å². The maximum absolute atomic E-state index is 12.5. The molecule has 3 aromatic carbocycles. The summed E-state index contributed by atoms with van der Waals surface area (Å²) in [6.45, 7) is 2.96. The number of halogens is 3. The number of nitrogens with one attached hydrogen (secondary N) is 1. The largest absolute Gasteiger partial charge is 0.494 e. The van der Waals surface area contributed by atoms with Gasteiger partial charge in [0.15, 0.2) is 5.76 Å². The van der Waals surface area contributed by atoms with Crippen LogP contribution in [0.25, 0.3) is 11.0 Å². The van der Waals surface area contributed by atoms with E-state index >= 15 is 0 Å². The van der Waals surface area contributed by atoms with Gasteiger partial charge in [-0.15, -0.1) is 0 Å². The molecule has 4 rings (SSSR count). The third kappa shape index (κ3) is 6.30. The highest BCUT2D eigenvalue weighted by atomic mass is 127. The van der Waals surface area contributed by atoms with E-state index in [4.69, 9.17) is 13.9 Å². The van der Waals surface area contributed by atoms with E-state index in [0.717, 1.165) is 36.1 Å².